The Hall–Kier alpha value is -3.65. The van der Waals surface area contributed by atoms with Crippen LogP contribution in [0.1, 0.15) is 11.3 Å². The molecule has 1 aromatic heterocycles. The predicted octanol–water partition coefficient (Wildman–Crippen LogP) is 4.92. The van der Waals surface area contributed by atoms with Crippen LogP contribution in [-0.2, 0) is 0 Å². The van der Waals surface area contributed by atoms with Gasteiger partial charge in [-0.05, 0) is 35.9 Å². The van der Waals surface area contributed by atoms with Crippen LogP contribution in [0.25, 0.3) is 23.0 Å². The Morgan fingerprint density at radius 2 is 1.75 bits per heavy atom. The standard InChI is InChI=1S/C19H12N2O3/c20-13-16(14-4-2-1-3-5-14)12-18-10-11-19(24-18)15-6-8-17(9-7-15)21(22)23/h1-12H/b16-12+. The first kappa shape index (κ1) is 15.3. The summed E-state index contributed by atoms with van der Waals surface area (Å²) in [6.07, 6.45) is 1.67. The molecule has 2 aromatic carbocycles. The number of hydrogen-bond donors (Lipinski definition) is 0. The summed E-state index contributed by atoms with van der Waals surface area (Å²) in [6, 6.07) is 21.1. The van der Waals surface area contributed by atoms with Crippen molar-refractivity contribution in [2.75, 3.05) is 0 Å². The fraction of sp³-hybridized carbons (Fsp3) is 0. The molecule has 0 bridgehead atoms. The lowest BCUT2D eigenvalue weighted by atomic mass is 10.1. The van der Waals surface area contributed by atoms with Crippen LogP contribution in [0.2, 0.25) is 0 Å². The minimum atomic E-state index is -0.445. The van der Waals surface area contributed by atoms with E-state index < -0.39 is 4.92 Å². The summed E-state index contributed by atoms with van der Waals surface area (Å²) in [4.78, 5) is 10.2. The average molecular weight is 316 g/mol. The fourth-order valence-electron chi connectivity index (χ4n) is 2.27. The van der Waals surface area contributed by atoms with Gasteiger partial charge in [0.05, 0.1) is 16.6 Å². The number of non-ortho nitro benzene ring substituents is 1. The first-order chi connectivity index (χ1) is 11.7. The van der Waals surface area contributed by atoms with Crippen LogP contribution in [0, 0.1) is 21.4 Å². The maximum Gasteiger partial charge on any atom is 0.269 e. The van der Waals surface area contributed by atoms with Crippen molar-refractivity contribution in [3.8, 4) is 17.4 Å². The minimum Gasteiger partial charge on any atom is -0.457 e. The molecule has 0 spiro atoms. The highest BCUT2D eigenvalue weighted by Gasteiger charge is 2.08. The predicted molar refractivity (Wildman–Crippen MR) is 90.7 cm³/mol. The van der Waals surface area contributed by atoms with E-state index in [1.807, 2.05) is 30.3 Å². The van der Waals surface area contributed by atoms with E-state index in [9.17, 15) is 15.4 Å². The van der Waals surface area contributed by atoms with E-state index in [0.717, 1.165) is 11.1 Å². The fourth-order valence-corrected chi connectivity index (χ4v) is 2.27. The highest BCUT2D eigenvalue weighted by molar-refractivity contribution is 5.88. The molecule has 0 N–H and O–H groups in total. The van der Waals surface area contributed by atoms with Gasteiger partial charge in [0.15, 0.2) is 0 Å². The van der Waals surface area contributed by atoms with Gasteiger partial charge in [0.25, 0.3) is 5.69 Å². The second-order valence-corrected chi connectivity index (χ2v) is 5.04. The zero-order valence-corrected chi connectivity index (χ0v) is 12.5. The second kappa shape index (κ2) is 6.63. The topological polar surface area (TPSA) is 80.1 Å². The van der Waals surface area contributed by atoms with Gasteiger partial charge in [-0.3, -0.25) is 10.1 Å². The summed E-state index contributed by atoms with van der Waals surface area (Å²) in [5.41, 5.74) is 2.08. The lowest BCUT2D eigenvalue weighted by Crippen LogP contribution is -1.86. The normalized spacial score (nSPS) is 11.0. The Bertz CT molecular complexity index is 933. The molecular weight excluding hydrogens is 304 g/mol. The van der Waals surface area contributed by atoms with Gasteiger partial charge in [-0.25, -0.2) is 0 Å². The maximum absolute atomic E-state index is 10.7. The number of nitro groups is 1. The first-order valence-corrected chi connectivity index (χ1v) is 7.19. The average Bonchev–Trinajstić information content (AvgIpc) is 3.09. The highest BCUT2D eigenvalue weighted by Crippen LogP contribution is 2.26. The second-order valence-electron chi connectivity index (χ2n) is 5.04. The van der Waals surface area contributed by atoms with Crippen LogP contribution in [0.5, 0.6) is 0 Å². The molecule has 0 fully saturated rings. The lowest BCUT2D eigenvalue weighted by Gasteiger charge is -1.98. The molecular formula is C19H12N2O3. The molecule has 0 radical (unpaired) electrons. The van der Waals surface area contributed by atoms with E-state index in [4.69, 9.17) is 4.42 Å². The van der Waals surface area contributed by atoms with Crippen LogP contribution in [0.3, 0.4) is 0 Å². The molecule has 0 saturated heterocycles. The van der Waals surface area contributed by atoms with Crippen LogP contribution in [-0.4, -0.2) is 4.92 Å². The Kier molecular flexibility index (Phi) is 4.21. The molecule has 24 heavy (non-hydrogen) atoms. The first-order valence-electron chi connectivity index (χ1n) is 7.19. The molecule has 0 unspecified atom stereocenters. The Labute approximate surface area is 138 Å². The van der Waals surface area contributed by atoms with Crippen LogP contribution in [0.15, 0.2) is 71.1 Å². The molecule has 5 nitrogen and oxygen atoms in total. The lowest BCUT2D eigenvalue weighted by molar-refractivity contribution is -0.384. The van der Waals surface area contributed by atoms with Crippen LogP contribution < -0.4 is 0 Å². The zero-order chi connectivity index (χ0) is 16.9. The minimum absolute atomic E-state index is 0.0290. The van der Waals surface area contributed by atoms with Gasteiger partial charge in [0.2, 0.25) is 0 Å². The molecule has 1 heterocycles. The number of rotatable bonds is 4. The van der Waals surface area contributed by atoms with Crippen molar-refractivity contribution in [3.05, 3.63) is 88.2 Å². The Morgan fingerprint density at radius 1 is 1.04 bits per heavy atom. The van der Waals surface area contributed by atoms with Gasteiger partial charge in [0.1, 0.15) is 11.5 Å². The molecule has 0 aliphatic rings. The summed E-state index contributed by atoms with van der Waals surface area (Å²) in [7, 11) is 0. The van der Waals surface area contributed by atoms with E-state index in [2.05, 4.69) is 6.07 Å². The molecule has 0 amide bonds. The van der Waals surface area contributed by atoms with Crippen molar-refractivity contribution in [2.24, 2.45) is 0 Å². The number of nitro benzene ring substituents is 1. The summed E-state index contributed by atoms with van der Waals surface area (Å²) in [6.45, 7) is 0. The van der Waals surface area contributed by atoms with Crippen molar-refractivity contribution in [2.45, 2.75) is 0 Å². The molecule has 0 atom stereocenters. The third-order valence-electron chi connectivity index (χ3n) is 3.48. The molecule has 3 aromatic rings. The van der Waals surface area contributed by atoms with Crippen molar-refractivity contribution < 1.29 is 9.34 Å². The third kappa shape index (κ3) is 3.23. The summed E-state index contributed by atoms with van der Waals surface area (Å²) in [5.74, 6) is 1.13. The van der Waals surface area contributed by atoms with Crippen LogP contribution >= 0.6 is 0 Å². The number of nitrogens with zero attached hydrogens (tertiary/aromatic N) is 2. The Morgan fingerprint density at radius 3 is 2.38 bits per heavy atom. The summed E-state index contributed by atoms with van der Waals surface area (Å²) >= 11 is 0. The van der Waals surface area contributed by atoms with E-state index in [0.29, 0.717) is 17.1 Å². The third-order valence-corrected chi connectivity index (χ3v) is 3.48. The summed E-state index contributed by atoms with van der Waals surface area (Å²) < 4.78 is 5.73. The number of nitriles is 1. The van der Waals surface area contributed by atoms with Gasteiger partial charge < -0.3 is 4.42 Å². The van der Waals surface area contributed by atoms with Crippen molar-refractivity contribution in [1.82, 2.24) is 0 Å². The monoisotopic (exact) mass is 316 g/mol. The SMILES string of the molecule is N#C/C(=C\c1ccc(-c2ccc([N+](=O)[O-])cc2)o1)c1ccccc1. The van der Waals surface area contributed by atoms with Crippen molar-refractivity contribution >= 4 is 17.3 Å². The molecule has 116 valence electrons. The van der Waals surface area contributed by atoms with E-state index in [1.54, 1.807) is 30.3 Å². The maximum atomic E-state index is 10.7. The Balaban J connectivity index is 1.89. The molecule has 0 aliphatic heterocycles. The molecule has 0 aliphatic carbocycles. The quantitative estimate of drug-likeness (QED) is 0.389. The number of furan rings is 1. The van der Waals surface area contributed by atoms with Gasteiger partial charge in [-0.2, -0.15) is 5.26 Å². The van der Waals surface area contributed by atoms with E-state index in [1.165, 1.54) is 12.1 Å². The van der Waals surface area contributed by atoms with Gasteiger partial charge in [-0.15, -0.1) is 0 Å². The van der Waals surface area contributed by atoms with Gasteiger partial charge in [-0.1, -0.05) is 30.3 Å². The van der Waals surface area contributed by atoms with Crippen molar-refractivity contribution in [3.63, 3.8) is 0 Å². The van der Waals surface area contributed by atoms with Crippen LogP contribution in [0.4, 0.5) is 5.69 Å². The largest absolute Gasteiger partial charge is 0.457 e. The smallest absolute Gasteiger partial charge is 0.269 e. The number of allylic oxidation sites excluding steroid dienone is 1. The van der Waals surface area contributed by atoms with E-state index >= 15 is 0 Å². The number of hydrogen-bond acceptors (Lipinski definition) is 4. The molecule has 3 rings (SSSR count). The van der Waals surface area contributed by atoms with Crippen molar-refractivity contribution in [1.29, 1.82) is 5.26 Å². The highest BCUT2D eigenvalue weighted by atomic mass is 16.6. The summed E-state index contributed by atoms with van der Waals surface area (Å²) in [5, 5.41) is 20.0. The van der Waals surface area contributed by atoms with Gasteiger partial charge in [0, 0.05) is 17.7 Å². The molecule has 0 saturated carbocycles. The number of benzene rings is 2. The zero-order valence-electron chi connectivity index (χ0n) is 12.5. The molecule has 5 heteroatoms. The van der Waals surface area contributed by atoms with Gasteiger partial charge >= 0.3 is 0 Å². The van der Waals surface area contributed by atoms with E-state index in [-0.39, 0.29) is 5.69 Å².